The largest absolute Gasteiger partial charge is 0.306 e. The van der Waals surface area contributed by atoms with Crippen LogP contribution in [0.2, 0.25) is 0 Å². The van der Waals surface area contributed by atoms with Crippen LogP contribution in [0, 0.1) is 5.92 Å². The Kier molecular flexibility index (Phi) is 3.35. The number of pyridine rings is 1. The van der Waals surface area contributed by atoms with E-state index >= 15 is 0 Å². The maximum absolute atomic E-state index is 4.91. The molecule has 3 heterocycles. The van der Waals surface area contributed by atoms with Gasteiger partial charge in [-0.3, -0.25) is 10.9 Å². The van der Waals surface area contributed by atoms with Gasteiger partial charge in [0.1, 0.15) is 11.3 Å². The minimum Gasteiger partial charge on any atom is -0.306 e. The maximum Gasteiger partial charge on any atom is 0.160 e. The molecule has 5 nitrogen and oxygen atoms in total. The van der Waals surface area contributed by atoms with Crippen molar-refractivity contribution in [2.75, 3.05) is 6.54 Å². The molecule has 1 saturated carbocycles. The second-order valence-corrected chi connectivity index (χ2v) is 6.88. The molecule has 2 aliphatic rings. The number of hydrogen-bond donors (Lipinski definition) is 2. The molecule has 1 aliphatic carbocycles. The van der Waals surface area contributed by atoms with Gasteiger partial charge in [0.05, 0.1) is 0 Å². The molecule has 0 bridgehead atoms. The number of nitrogens with one attached hydrogen (secondary N) is 2. The first-order chi connectivity index (χ1) is 11.9. The van der Waals surface area contributed by atoms with Gasteiger partial charge in [-0.1, -0.05) is 30.3 Å². The van der Waals surface area contributed by atoms with Crippen molar-refractivity contribution in [3.63, 3.8) is 0 Å². The van der Waals surface area contributed by atoms with Crippen molar-refractivity contribution in [1.82, 2.24) is 25.4 Å². The number of hydrogen-bond acceptors (Lipinski definition) is 4. The maximum atomic E-state index is 4.91. The Morgan fingerprint density at radius 3 is 2.88 bits per heavy atom. The van der Waals surface area contributed by atoms with Crippen LogP contribution in [-0.4, -0.2) is 27.1 Å². The molecule has 1 aliphatic heterocycles. The molecule has 24 heavy (non-hydrogen) atoms. The van der Waals surface area contributed by atoms with Crippen molar-refractivity contribution < 1.29 is 0 Å². The molecular weight excluding hydrogens is 298 g/mol. The highest BCUT2D eigenvalue weighted by molar-refractivity contribution is 5.77. The average molecular weight is 319 g/mol. The zero-order valence-corrected chi connectivity index (χ0v) is 13.5. The molecule has 3 aromatic rings. The number of imidazole rings is 1. The number of benzene rings is 1. The lowest BCUT2D eigenvalue weighted by atomic mass is 9.82. The first-order valence-corrected chi connectivity index (χ1v) is 8.77. The Balaban J connectivity index is 1.63. The van der Waals surface area contributed by atoms with E-state index in [-0.39, 0.29) is 0 Å². The predicted molar refractivity (Wildman–Crippen MR) is 94.3 cm³/mol. The first-order valence-electron chi connectivity index (χ1n) is 8.77. The summed E-state index contributed by atoms with van der Waals surface area (Å²) in [6.07, 6.45) is 5.41. The molecule has 2 fully saturated rings. The molecule has 0 amide bonds. The van der Waals surface area contributed by atoms with E-state index in [9.17, 15) is 0 Å². The summed E-state index contributed by atoms with van der Waals surface area (Å²) in [6.45, 7) is 1.06. The van der Waals surface area contributed by atoms with Gasteiger partial charge in [0.25, 0.3) is 0 Å². The van der Waals surface area contributed by atoms with Crippen LogP contribution in [0.25, 0.3) is 22.6 Å². The number of hydrazine groups is 1. The van der Waals surface area contributed by atoms with Crippen LogP contribution >= 0.6 is 0 Å². The van der Waals surface area contributed by atoms with E-state index in [1.807, 2.05) is 12.3 Å². The van der Waals surface area contributed by atoms with E-state index < -0.39 is 0 Å². The Hall–Kier alpha value is -2.24. The van der Waals surface area contributed by atoms with Crippen LogP contribution in [0.15, 0.2) is 48.7 Å². The van der Waals surface area contributed by atoms with Crippen LogP contribution in [0.1, 0.15) is 25.3 Å². The summed E-state index contributed by atoms with van der Waals surface area (Å²) < 4.78 is 2.39. The quantitative estimate of drug-likeness (QED) is 0.762. The standard InChI is InChI=1S/C19H21N5/c1-2-5-13(6-3-1)18-22-17-7-4-10-20-19(17)24(18)15-8-9-16-14(11-15)12-21-23-16/h1-7,10,14-16,21,23H,8-9,11-12H2. The van der Waals surface area contributed by atoms with Gasteiger partial charge in [-0.2, -0.15) is 0 Å². The molecule has 3 unspecified atom stereocenters. The smallest absolute Gasteiger partial charge is 0.160 e. The van der Waals surface area contributed by atoms with Gasteiger partial charge in [0.15, 0.2) is 5.65 Å². The summed E-state index contributed by atoms with van der Waals surface area (Å²) in [5, 5.41) is 0. The third kappa shape index (κ3) is 2.24. The van der Waals surface area contributed by atoms with Crippen LogP contribution in [0.4, 0.5) is 0 Å². The zero-order chi connectivity index (χ0) is 15.9. The van der Waals surface area contributed by atoms with E-state index in [1.54, 1.807) is 0 Å². The molecule has 2 aromatic heterocycles. The average Bonchev–Trinajstić information content (AvgIpc) is 3.26. The van der Waals surface area contributed by atoms with Crippen LogP contribution in [0.3, 0.4) is 0 Å². The predicted octanol–water partition coefficient (Wildman–Crippen LogP) is 2.92. The van der Waals surface area contributed by atoms with E-state index in [0.717, 1.165) is 30.0 Å². The molecular formula is C19H21N5. The van der Waals surface area contributed by atoms with Crippen LogP contribution in [-0.2, 0) is 0 Å². The molecule has 2 N–H and O–H groups in total. The van der Waals surface area contributed by atoms with Gasteiger partial charge in [-0.25, -0.2) is 9.97 Å². The number of fused-ring (bicyclic) bond motifs is 2. The summed E-state index contributed by atoms with van der Waals surface area (Å²) in [5.74, 6) is 1.74. The normalized spacial score (nSPS) is 26.6. The van der Waals surface area contributed by atoms with Crippen LogP contribution < -0.4 is 10.9 Å². The van der Waals surface area contributed by atoms with Gasteiger partial charge in [0.2, 0.25) is 0 Å². The van der Waals surface area contributed by atoms with Crippen molar-refractivity contribution in [2.24, 2.45) is 5.92 Å². The van der Waals surface area contributed by atoms with E-state index in [2.05, 4.69) is 56.8 Å². The molecule has 0 spiro atoms. The number of aromatic nitrogens is 3. The summed E-state index contributed by atoms with van der Waals surface area (Å²) in [6, 6.07) is 15.6. The second-order valence-electron chi connectivity index (χ2n) is 6.88. The highest BCUT2D eigenvalue weighted by Crippen LogP contribution is 2.38. The molecule has 1 aromatic carbocycles. The Labute approximate surface area is 141 Å². The fraction of sp³-hybridized carbons (Fsp3) is 0.368. The SMILES string of the molecule is c1ccc(-c2nc3cccnc3n2C2CCC3NNCC3C2)cc1. The van der Waals surface area contributed by atoms with E-state index in [0.29, 0.717) is 18.0 Å². The van der Waals surface area contributed by atoms with Gasteiger partial charge in [-0.15, -0.1) is 0 Å². The highest BCUT2D eigenvalue weighted by Gasteiger charge is 2.35. The Morgan fingerprint density at radius 2 is 1.96 bits per heavy atom. The van der Waals surface area contributed by atoms with E-state index in [4.69, 9.17) is 4.98 Å². The molecule has 122 valence electrons. The fourth-order valence-corrected chi connectivity index (χ4v) is 4.28. The summed E-state index contributed by atoms with van der Waals surface area (Å²) in [7, 11) is 0. The van der Waals surface area contributed by atoms with Crippen LogP contribution in [0.5, 0.6) is 0 Å². The molecule has 0 radical (unpaired) electrons. The summed E-state index contributed by atoms with van der Waals surface area (Å²) in [4.78, 5) is 9.57. The molecule has 5 heteroatoms. The van der Waals surface area contributed by atoms with Gasteiger partial charge < -0.3 is 4.57 Å². The first kappa shape index (κ1) is 14.1. The Morgan fingerprint density at radius 1 is 1.04 bits per heavy atom. The lowest BCUT2D eigenvalue weighted by Gasteiger charge is -2.32. The van der Waals surface area contributed by atoms with Crippen molar-refractivity contribution >= 4 is 11.2 Å². The third-order valence-corrected chi connectivity index (χ3v) is 5.45. The van der Waals surface area contributed by atoms with Crippen molar-refractivity contribution in [2.45, 2.75) is 31.3 Å². The van der Waals surface area contributed by atoms with Crippen molar-refractivity contribution in [3.8, 4) is 11.4 Å². The lowest BCUT2D eigenvalue weighted by Crippen LogP contribution is -2.36. The summed E-state index contributed by atoms with van der Waals surface area (Å²) in [5.41, 5.74) is 9.91. The van der Waals surface area contributed by atoms with Gasteiger partial charge in [-0.05, 0) is 37.3 Å². The van der Waals surface area contributed by atoms with Gasteiger partial charge >= 0.3 is 0 Å². The summed E-state index contributed by atoms with van der Waals surface area (Å²) >= 11 is 0. The van der Waals surface area contributed by atoms with Gasteiger partial charge in [0, 0.05) is 30.4 Å². The topological polar surface area (TPSA) is 54.8 Å². The molecule has 3 atom stereocenters. The molecule has 1 saturated heterocycles. The van der Waals surface area contributed by atoms with Crippen molar-refractivity contribution in [1.29, 1.82) is 0 Å². The lowest BCUT2D eigenvalue weighted by molar-refractivity contribution is 0.257. The fourth-order valence-electron chi connectivity index (χ4n) is 4.28. The minimum atomic E-state index is 0.461. The Bertz CT molecular complexity index is 857. The highest BCUT2D eigenvalue weighted by atomic mass is 15.4. The number of nitrogens with zero attached hydrogens (tertiary/aromatic N) is 3. The monoisotopic (exact) mass is 319 g/mol. The second kappa shape index (κ2) is 5.69. The van der Waals surface area contributed by atoms with E-state index in [1.165, 1.54) is 18.4 Å². The molecule has 5 rings (SSSR count). The minimum absolute atomic E-state index is 0.461. The number of rotatable bonds is 2. The third-order valence-electron chi connectivity index (χ3n) is 5.45. The van der Waals surface area contributed by atoms with Crippen molar-refractivity contribution in [3.05, 3.63) is 48.7 Å². The zero-order valence-electron chi connectivity index (χ0n) is 13.5.